The SMILES string of the molecule is CCC1(C)NC(=O)CN(c2ccc(C(C)(C)C)cc2)C1=O. The third-order valence-electron chi connectivity index (χ3n) is 4.19. The minimum absolute atomic E-state index is 0.0480. The van der Waals surface area contributed by atoms with Crippen molar-refractivity contribution in [2.24, 2.45) is 0 Å². The van der Waals surface area contributed by atoms with E-state index in [2.05, 4.69) is 26.1 Å². The molecule has 4 heteroatoms. The molecule has 1 saturated heterocycles. The standard InChI is InChI=1S/C17H24N2O2/c1-6-17(5)15(21)19(11-14(20)18-17)13-9-7-12(8-10-13)16(2,3)4/h7-10H,6,11H2,1-5H3,(H,18,20). The Labute approximate surface area is 126 Å². The van der Waals surface area contributed by atoms with Crippen LogP contribution in [0.15, 0.2) is 24.3 Å². The summed E-state index contributed by atoms with van der Waals surface area (Å²) in [4.78, 5) is 26.1. The molecule has 1 aromatic carbocycles. The summed E-state index contributed by atoms with van der Waals surface area (Å²) in [5.74, 6) is -0.160. The van der Waals surface area contributed by atoms with Gasteiger partial charge in [-0.15, -0.1) is 0 Å². The van der Waals surface area contributed by atoms with E-state index in [0.717, 1.165) is 5.69 Å². The minimum atomic E-state index is -0.808. The van der Waals surface area contributed by atoms with Crippen molar-refractivity contribution in [1.82, 2.24) is 5.32 Å². The van der Waals surface area contributed by atoms with Gasteiger partial charge in [0.2, 0.25) is 5.91 Å². The molecule has 0 aromatic heterocycles. The molecule has 0 aliphatic carbocycles. The number of nitrogens with one attached hydrogen (secondary N) is 1. The maximum absolute atomic E-state index is 12.6. The first-order valence-corrected chi connectivity index (χ1v) is 7.41. The average molecular weight is 288 g/mol. The molecule has 4 nitrogen and oxygen atoms in total. The molecule has 1 N–H and O–H groups in total. The van der Waals surface area contributed by atoms with E-state index in [-0.39, 0.29) is 23.8 Å². The number of piperazine rings is 1. The Morgan fingerprint density at radius 2 is 1.76 bits per heavy atom. The molecule has 1 aromatic rings. The van der Waals surface area contributed by atoms with E-state index in [0.29, 0.717) is 6.42 Å². The molecular weight excluding hydrogens is 264 g/mol. The van der Waals surface area contributed by atoms with Crippen molar-refractivity contribution in [1.29, 1.82) is 0 Å². The van der Waals surface area contributed by atoms with Crippen molar-refractivity contribution in [2.45, 2.75) is 52.0 Å². The lowest BCUT2D eigenvalue weighted by Gasteiger charge is -2.39. The first-order chi connectivity index (χ1) is 9.67. The second-order valence-corrected chi connectivity index (χ2v) is 6.92. The molecule has 114 valence electrons. The predicted molar refractivity (Wildman–Crippen MR) is 84.3 cm³/mol. The fourth-order valence-electron chi connectivity index (χ4n) is 2.50. The van der Waals surface area contributed by atoms with Gasteiger partial charge in [0.25, 0.3) is 5.91 Å². The number of amides is 2. The highest BCUT2D eigenvalue weighted by molar-refractivity contribution is 6.08. The number of carbonyl (C=O) groups is 2. The van der Waals surface area contributed by atoms with E-state index < -0.39 is 5.54 Å². The van der Waals surface area contributed by atoms with Gasteiger partial charge >= 0.3 is 0 Å². The van der Waals surface area contributed by atoms with Crippen molar-refractivity contribution >= 4 is 17.5 Å². The molecule has 1 aliphatic heterocycles. The van der Waals surface area contributed by atoms with Gasteiger partial charge < -0.3 is 10.2 Å². The molecule has 1 fully saturated rings. The van der Waals surface area contributed by atoms with Gasteiger partial charge in [0.1, 0.15) is 12.1 Å². The summed E-state index contributed by atoms with van der Waals surface area (Å²) in [5, 5.41) is 2.80. The summed E-state index contributed by atoms with van der Waals surface area (Å²) in [6.45, 7) is 10.2. The van der Waals surface area contributed by atoms with Crippen LogP contribution in [-0.4, -0.2) is 23.9 Å². The Morgan fingerprint density at radius 3 is 2.24 bits per heavy atom. The van der Waals surface area contributed by atoms with Crippen LogP contribution in [0, 0.1) is 0 Å². The quantitative estimate of drug-likeness (QED) is 0.909. The number of nitrogens with zero attached hydrogens (tertiary/aromatic N) is 1. The Morgan fingerprint density at radius 1 is 1.19 bits per heavy atom. The van der Waals surface area contributed by atoms with Gasteiger partial charge in [-0.25, -0.2) is 0 Å². The largest absolute Gasteiger partial charge is 0.340 e. The molecule has 1 heterocycles. The molecule has 0 saturated carbocycles. The Balaban J connectivity index is 2.32. The van der Waals surface area contributed by atoms with Crippen LogP contribution in [0.5, 0.6) is 0 Å². The molecule has 1 aliphatic rings. The van der Waals surface area contributed by atoms with Crippen LogP contribution < -0.4 is 10.2 Å². The third-order valence-corrected chi connectivity index (χ3v) is 4.19. The van der Waals surface area contributed by atoms with Gasteiger partial charge in [-0.05, 0) is 36.5 Å². The average Bonchev–Trinajstić information content (AvgIpc) is 2.42. The smallest absolute Gasteiger partial charge is 0.252 e. The van der Waals surface area contributed by atoms with E-state index in [9.17, 15) is 9.59 Å². The van der Waals surface area contributed by atoms with E-state index >= 15 is 0 Å². The lowest BCUT2D eigenvalue weighted by molar-refractivity contribution is -0.135. The molecule has 1 unspecified atom stereocenters. The Kier molecular flexibility index (Phi) is 3.83. The zero-order valence-electron chi connectivity index (χ0n) is 13.5. The molecule has 2 amide bonds. The molecule has 0 spiro atoms. The van der Waals surface area contributed by atoms with E-state index in [1.807, 2.05) is 31.2 Å². The maximum atomic E-state index is 12.6. The van der Waals surface area contributed by atoms with Crippen LogP contribution in [0.4, 0.5) is 5.69 Å². The lowest BCUT2D eigenvalue weighted by Crippen LogP contribution is -2.65. The molecular formula is C17H24N2O2. The highest BCUT2D eigenvalue weighted by atomic mass is 16.2. The fraction of sp³-hybridized carbons (Fsp3) is 0.529. The second-order valence-electron chi connectivity index (χ2n) is 6.92. The molecule has 0 bridgehead atoms. The van der Waals surface area contributed by atoms with Gasteiger partial charge in [-0.1, -0.05) is 39.8 Å². The Bertz CT molecular complexity index is 557. The van der Waals surface area contributed by atoms with Gasteiger partial charge in [0.15, 0.2) is 0 Å². The van der Waals surface area contributed by atoms with Crippen LogP contribution in [-0.2, 0) is 15.0 Å². The van der Waals surface area contributed by atoms with Crippen LogP contribution >= 0.6 is 0 Å². The zero-order chi connectivity index (χ0) is 15.8. The summed E-state index contributed by atoms with van der Waals surface area (Å²) in [5.41, 5.74) is 1.25. The van der Waals surface area contributed by atoms with E-state index in [1.165, 1.54) is 5.56 Å². The topological polar surface area (TPSA) is 49.4 Å². The van der Waals surface area contributed by atoms with Gasteiger partial charge in [0.05, 0.1) is 0 Å². The lowest BCUT2D eigenvalue weighted by atomic mass is 9.87. The van der Waals surface area contributed by atoms with Crippen LogP contribution in [0.25, 0.3) is 0 Å². The summed E-state index contributed by atoms with van der Waals surface area (Å²) < 4.78 is 0. The first-order valence-electron chi connectivity index (χ1n) is 7.41. The highest BCUT2D eigenvalue weighted by Crippen LogP contribution is 2.27. The Hall–Kier alpha value is -1.84. The van der Waals surface area contributed by atoms with Gasteiger partial charge in [-0.3, -0.25) is 9.59 Å². The van der Waals surface area contributed by atoms with Crippen LogP contribution in [0.3, 0.4) is 0 Å². The van der Waals surface area contributed by atoms with E-state index in [1.54, 1.807) is 11.8 Å². The minimum Gasteiger partial charge on any atom is -0.340 e. The maximum Gasteiger partial charge on any atom is 0.252 e. The van der Waals surface area contributed by atoms with Gasteiger partial charge in [-0.2, -0.15) is 0 Å². The van der Waals surface area contributed by atoms with Crippen molar-refractivity contribution < 1.29 is 9.59 Å². The summed E-state index contributed by atoms with van der Waals surface area (Å²) in [6, 6.07) is 7.90. The highest BCUT2D eigenvalue weighted by Gasteiger charge is 2.42. The van der Waals surface area contributed by atoms with Crippen molar-refractivity contribution in [3.63, 3.8) is 0 Å². The number of carbonyl (C=O) groups excluding carboxylic acids is 2. The van der Waals surface area contributed by atoms with Crippen LogP contribution in [0.2, 0.25) is 0 Å². The van der Waals surface area contributed by atoms with Crippen molar-refractivity contribution in [3.8, 4) is 0 Å². The number of rotatable bonds is 2. The fourth-order valence-corrected chi connectivity index (χ4v) is 2.50. The van der Waals surface area contributed by atoms with Crippen LogP contribution in [0.1, 0.15) is 46.6 Å². The summed E-state index contributed by atoms with van der Waals surface area (Å²) >= 11 is 0. The first kappa shape index (κ1) is 15.5. The molecule has 0 radical (unpaired) electrons. The number of benzene rings is 1. The molecule has 21 heavy (non-hydrogen) atoms. The number of hydrogen-bond donors (Lipinski definition) is 1. The summed E-state index contributed by atoms with van der Waals surface area (Å²) in [6.07, 6.45) is 0.578. The van der Waals surface area contributed by atoms with Gasteiger partial charge in [0, 0.05) is 5.69 Å². The third kappa shape index (κ3) is 2.94. The molecule has 1 atom stereocenters. The normalized spacial score (nSPS) is 23.2. The molecule has 2 rings (SSSR count). The second kappa shape index (κ2) is 5.17. The number of anilines is 1. The predicted octanol–water partition coefficient (Wildman–Crippen LogP) is 2.62. The van der Waals surface area contributed by atoms with E-state index in [4.69, 9.17) is 0 Å². The van der Waals surface area contributed by atoms with Crippen molar-refractivity contribution in [3.05, 3.63) is 29.8 Å². The van der Waals surface area contributed by atoms with Crippen molar-refractivity contribution in [2.75, 3.05) is 11.4 Å². The zero-order valence-corrected chi connectivity index (χ0v) is 13.5. The monoisotopic (exact) mass is 288 g/mol. The summed E-state index contributed by atoms with van der Waals surface area (Å²) in [7, 11) is 0. The number of hydrogen-bond acceptors (Lipinski definition) is 2.